The quantitative estimate of drug-likeness (QED) is 0.732. The zero-order valence-electron chi connectivity index (χ0n) is 9.06. The molecule has 84 valence electrons. The number of rotatable bonds is 5. The topological polar surface area (TPSA) is 39.1 Å². The Bertz CT molecular complexity index is 255. The van der Waals surface area contributed by atoms with E-state index < -0.39 is 0 Å². The molecule has 15 heavy (non-hydrogen) atoms. The van der Waals surface area contributed by atoms with Crippen LogP contribution >= 0.6 is 0 Å². The molecular formula is C11H19N3O. The van der Waals surface area contributed by atoms with Crippen LogP contribution in [0.1, 0.15) is 12.8 Å². The molecule has 1 fully saturated rings. The number of ether oxygens (including phenoxy) is 1. The van der Waals surface area contributed by atoms with Gasteiger partial charge in [-0.2, -0.15) is 0 Å². The van der Waals surface area contributed by atoms with Crippen LogP contribution in [0.3, 0.4) is 0 Å². The molecule has 0 aromatic carbocycles. The highest BCUT2D eigenvalue weighted by molar-refractivity contribution is 4.74. The zero-order valence-corrected chi connectivity index (χ0v) is 9.06. The third-order valence-corrected chi connectivity index (χ3v) is 2.88. The van der Waals surface area contributed by atoms with Gasteiger partial charge in [0, 0.05) is 38.7 Å². The molecule has 0 saturated carbocycles. The summed E-state index contributed by atoms with van der Waals surface area (Å²) in [6, 6.07) is 0. The monoisotopic (exact) mass is 209 g/mol. The van der Waals surface area contributed by atoms with Crippen LogP contribution in [0.2, 0.25) is 0 Å². The smallest absolute Gasteiger partial charge is 0.0946 e. The molecule has 0 radical (unpaired) electrons. The van der Waals surface area contributed by atoms with Crippen LogP contribution in [0, 0.1) is 5.92 Å². The van der Waals surface area contributed by atoms with E-state index in [1.54, 1.807) is 0 Å². The van der Waals surface area contributed by atoms with Crippen molar-refractivity contribution >= 4 is 0 Å². The molecule has 1 aromatic rings. The second-order valence-electron chi connectivity index (χ2n) is 4.06. The molecular weight excluding hydrogens is 190 g/mol. The Kier molecular flexibility index (Phi) is 4.17. The molecule has 1 N–H and O–H groups in total. The predicted molar refractivity (Wildman–Crippen MR) is 58.6 cm³/mol. The maximum Gasteiger partial charge on any atom is 0.0946 e. The number of imidazole rings is 1. The molecule has 1 aliphatic heterocycles. The fourth-order valence-electron chi connectivity index (χ4n) is 1.88. The van der Waals surface area contributed by atoms with E-state index >= 15 is 0 Å². The number of hydrogen-bond donors (Lipinski definition) is 1. The summed E-state index contributed by atoms with van der Waals surface area (Å²) >= 11 is 0. The van der Waals surface area contributed by atoms with Gasteiger partial charge in [0.15, 0.2) is 0 Å². The normalized spacial score (nSPS) is 18.1. The first kappa shape index (κ1) is 10.6. The van der Waals surface area contributed by atoms with Gasteiger partial charge in [-0.25, -0.2) is 4.98 Å². The number of aromatic nitrogens is 2. The predicted octanol–water partition coefficient (Wildman–Crippen LogP) is 0.899. The second-order valence-corrected chi connectivity index (χ2v) is 4.06. The minimum absolute atomic E-state index is 0.807. The SMILES string of the molecule is c1cn(CCNCC2CCOCC2)cn1. The van der Waals surface area contributed by atoms with Gasteiger partial charge < -0.3 is 14.6 Å². The number of hydrogen-bond acceptors (Lipinski definition) is 3. The maximum atomic E-state index is 5.32. The average molecular weight is 209 g/mol. The van der Waals surface area contributed by atoms with E-state index in [1.165, 1.54) is 12.8 Å². The summed E-state index contributed by atoms with van der Waals surface area (Å²) in [5.74, 6) is 0.807. The standard InChI is InChI=1S/C11H19N3O/c1-7-15-8-2-11(1)9-12-3-5-14-6-4-13-10-14/h4,6,10-12H,1-3,5,7-9H2. The van der Waals surface area contributed by atoms with Gasteiger partial charge in [0.2, 0.25) is 0 Å². The van der Waals surface area contributed by atoms with Crippen molar-refractivity contribution in [1.82, 2.24) is 14.9 Å². The van der Waals surface area contributed by atoms with Crippen LogP contribution in [0.25, 0.3) is 0 Å². The molecule has 2 heterocycles. The zero-order chi connectivity index (χ0) is 10.3. The Labute approximate surface area is 90.6 Å². The lowest BCUT2D eigenvalue weighted by molar-refractivity contribution is 0.0663. The minimum Gasteiger partial charge on any atom is -0.381 e. The molecule has 0 unspecified atom stereocenters. The fourth-order valence-corrected chi connectivity index (χ4v) is 1.88. The first-order valence-electron chi connectivity index (χ1n) is 5.69. The van der Waals surface area contributed by atoms with Crippen molar-refractivity contribution in [2.75, 3.05) is 26.3 Å². The summed E-state index contributed by atoms with van der Waals surface area (Å²) in [6.07, 6.45) is 8.08. The Morgan fingerprint density at radius 1 is 1.40 bits per heavy atom. The summed E-state index contributed by atoms with van der Waals surface area (Å²) in [5, 5.41) is 3.49. The number of nitrogens with zero attached hydrogens (tertiary/aromatic N) is 2. The summed E-state index contributed by atoms with van der Waals surface area (Å²) in [4.78, 5) is 4.01. The largest absolute Gasteiger partial charge is 0.381 e. The van der Waals surface area contributed by atoms with E-state index in [0.29, 0.717) is 0 Å². The van der Waals surface area contributed by atoms with Gasteiger partial charge in [-0.15, -0.1) is 0 Å². The van der Waals surface area contributed by atoms with Crippen LogP contribution in [0.4, 0.5) is 0 Å². The first-order chi connectivity index (χ1) is 7.45. The third-order valence-electron chi connectivity index (χ3n) is 2.88. The molecule has 2 rings (SSSR count). The van der Waals surface area contributed by atoms with E-state index in [2.05, 4.69) is 14.9 Å². The van der Waals surface area contributed by atoms with Crippen molar-refractivity contribution < 1.29 is 4.74 Å². The molecule has 4 nitrogen and oxygen atoms in total. The van der Waals surface area contributed by atoms with Gasteiger partial charge >= 0.3 is 0 Å². The summed E-state index contributed by atoms with van der Waals surface area (Å²) in [5.41, 5.74) is 0. The molecule has 4 heteroatoms. The van der Waals surface area contributed by atoms with Crippen LogP contribution in [0.15, 0.2) is 18.7 Å². The third kappa shape index (κ3) is 3.64. The maximum absolute atomic E-state index is 5.32. The van der Waals surface area contributed by atoms with E-state index in [4.69, 9.17) is 4.74 Å². The molecule has 0 bridgehead atoms. The summed E-state index contributed by atoms with van der Waals surface area (Å²) < 4.78 is 7.42. The van der Waals surface area contributed by atoms with Crippen molar-refractivity contribution in [3.63, 3.8) is 0 Å². The van der Waals surface area contributed by atoms with Gasteiger partial charge in [-0.05, 0) is 25.3 Å². The van der Waals surface area contributed by atoms with Gasteiger partial charge in [0.1, 0.15) is 0 Å². The van der Waals surface area contributed by atoms with Gasteiger partial charge in [-0.3, -0.25) is 0 Å². The Hall–Kier alpha value is -0.870. The Balaban J connectivity index is 1.54. The molecule has 0 spiro atoms. The second kappa shape index (κ2) is 5.88. The molecule has 0 amide bonds. The molecule has 0 aliphatic carbocycles. The lowest BCUT2D eigenvalue weighted by Gasteiger charge is -2.22. The van der Waals surface area contributed by atoms with Crippen LogP contribution < -0.4 is 5.32 Å². The van der Waals surface area contributed by atoms with Gasteiger partial charge in [-0.1, -0.05) is 0 Å². The molecule has 0 atom stereocenters. The lowest BCUT2D eigenvalue weighted by atomic mass is 10.0. The summed E-state index contributed by atoms with van der Waals surface area (Å²) in [6.45, 7) is 5.02. The average Bonchev–Trinajstić information content (AvgIpc) is 2.79. The lowest BCUT2D eigenvalue weighted by Crippen LogP contribution is -2.29. The van der Waals surface area contributed by atoms with Crippen LogP contribution in [0.5, 0.6) is 0 Å². The Morgan fingerprint density at radius 2 is 2.27 bits per heavy atom. The molecule has 1 saturated heterocycles. The highest BCUT2D eigenvalue weighted by atomic mass is 16.5. The highest BCUT2D eigenvalue weighted by Gasteiger charge is 2.12. The first-order valence-corrected chi connectivity index (χ1v) is 5.69. The van der Waals surface area contributed by atoms with Crippen molar-refractivity contribution in [2.24, 2.45) is 5.92 Å². The Morgan fingerprint density at radius 3 is 3.00 bits per heavy atom. The number of nitrogens with one attached hydrogen (secondary N) is 1. The highest BCUT2D eigenvalue weighted by Crippen LogP contribution is 2.12. The van der Waals surface area contributed by atoms with Crippen LogP contribution in [-0.2, 0) is 11.3 Å². The van der Waals surface area contributed by atoms with Crippen molar-refractivity contribution in [3.05, 3.63) is 18.7 Å². The van der Waals surface area contributed by atoms with Crippen LogP contribution in [-0.4, -0.2) is 35.9 Å². The van der Waals surface area contributed by atoms with E-state index in [0.717, 1.165) is 38.8 Å². The van der Waals surface area contributed by atoms with Crippen molar-refractivity contribution in [3.8, 4) is 0 Å². The van der Waals surface area contributed by atoms with E-state index in [1.807, 2.05) is 18.7 Å². The van der Waals surface area contributed by atoms with Gasteiger partial charge in [0.25, 0.3) is 0 Å². The fraction of sp³-hybridized carbons (Fsp3) is 0.727. The van der Waals surface area contributed by atoms with E-state index in [-0.39, 0.29) is 0 Å². The molecule has 1 aromatic heterocycles. The molecule has 1 aliphatic rings. The summed E-state index contributed by atoms with van der Waals surface area (Å²) in [7, 11) is 0. The van der Waals surface area contributed by atoms with Gasteiger partial charge in [0.05, 0.1) is 6.33 Å². The minimum atomic E-state index is 0.807. The van der Waals surface area contributed by atoms with E-state index in [9.17, 15) is 0 Å². The van der Waals surface area contributed by atoms with Crippen molar-refractivity contribution in [2.45, 2.75) is 19.4 Å². The van der Waals surface area contributed by atoms with Crippen molar-refractivity contribution in [1.29, 1.82) is 0 Å².